The number of ether oxygens (including phenoxy) is 1. The first-order valence-electron chi connectivity index (χ1n) is 7.98. The first-order chi connectivity index (χ1) is 13.3. The molecule has 9 heteroatoms. The van der Waals surface area contributed by atoms with Crippen LogP contribution in [0.1, 0.15) is 29.5 Å². The summed E-state index contributed by atoms with van der Waals surface area (Å²) in [5.74, 6) is -1.28. The summed E-state index contributed by atoms with van der Waals surface area (Å²) in [6.07, 6.45) is 1.25. The second-order valence-corrected chi connectivity index (χ2v) is 7.21. The Morgan fingerprint density at radius 2 is 2.00 bits per heavy atom. The molecule has 0 saturated heterocycles. The summed E-state index contributed by atoms with van der Waals surface area (Å²) in [6, 6.07) is 9.39. The lowest BCUT2D eigenvalue weighted by Gasteiger charge is -2.16. The molecule has 2 aromatic carbocycles. The smallest absolute Gasteiger partial charge is 0.325 e. The van der Waals surface area contributed by atoms with Gasteiger partial charge < -0.3 is 9.72 Å². The summed E-state index contributed by atoms with van der Waals surface area (Å²) in [4.78, 5) is 27.7. The van der Waals surface area contributed by atoms with Crippen LogP contribution < -0.4 is 16.0 Å². The fourth-order valence-corrected chi connectivity index (χ4v) is 3.30. The van der Waals surface area contributed by atoms with Gasteiger partial charge in [-0.1, -0.05) is 24.6 Å². The molecule has 1 atom stereocenters. The topological polar surface area (TPSA) is 98.7 Å². The molecule has 0 aliphatic carbocycles. The lowest BCUT2D eigenvalue weighted by Crippen LogP contribution is -2.26. The molecule has 0 bridgehead atoms. The highest BCUT2D eigenvalue weighted by atomic mass is 79.9. The predicted octanol–water partition coefficient (Wildman–Crippen LogP) is 4.43. The van der Waals surface area contributed by atoms with Crippen molar-refractivity contribution in [3.05, 3.63) is 89.4 Å². The van der Waals surface area contributed by atoms with Gasteiger partial charge in [0.15, 0.2) is 11.6 Å². The van der Waals surface area contributed by atoms with Crippen LogP contribution in [-0.2, 0) is 0 Å². The molecule has 1 aromatic heterocycles. The molecule has 1 unspecified atom stereocenters. The van der Waals surface area contributed by atoms with Gasteiger partial charge in [0.25, 0.3) is 5.56 Å². The first kappa shape index (κ1) is 19.9. The Bertz CT molecular complexity index is 1220. The van der Waals surface area contributed by atoms with Crippen molar-refractivity contribution in [2.45, 2.75) is 12.8 Å². The Morgan fingerprint density at radius 1 is 1.25 bits per heavy atom. The standard InChI is InChI=1S/C19H12BrClFN3O3/c1-9(14-8-24-19(27)25-18(14)26)13-2-3-15(20)17(16(13)22)28-12-5-10(7-23)4-11(21)6-12/h2-6,8-9H,1H3,(H2,24,25,26,27). The molecule has 142 valence electrons. The Hall–Kier alpha value is -2.89. The highest BCUT2D eigenvalue weighted by molar-refractivity contribution is 9.10. The number of hydrogen-bond donors (Lipinski definition) is 2. The van der Waals surface area contributed by atoms with Gasteiger partial charge in [-0.15, -0.1) is 0 Å². The molecular weight excluding hydrogens is 453 g/mol. The Labute approximate surface area is 171 Å². The first-order valence-corrected chi connectivity index (χ1v) is 9.15. The van der Waals surface area contributed by atoms with Crippen molar-refractivity contribution in [2.24, 2.45) is 0 Å². The van der Waals surface area contributed by atoms with Gasteiger partial charge in [-0.3, -0.25) is 9.78 Å². The number of nitriles is 1. The molecule has 6 nitrogen and oxygen atoms in total. The molecule has 0 amide bonds. The van der Waals surface area contributed by atoms with Gasteiger partial charge in [-0.25, -0.2) is 9.18 Å². The molecule has 0 spiro atoms. The second-order valence-electron chi connectivity index (χ2n) is 5.92. The number of nitrogens with one attached hydrogen (secondary N) is 2. The van der Waals surface area contributed by atoms with E-state index < -0.39 is 23.0 Å². The summed E-state index contributed by atoms with van der Waals surface area (Å²) in [5, 5.41) is 9.32. The van der Waals surface area contributed by atoms with Gasteiger partial charge in [0.05, 0.1) is 16.1 Å². The van der Waals surface area contributed by atoms with E-state index in [4.69, 9.17) is 21.6 Å². The van der Waals surface area contributed by atoms with Gasteiger partial charge in [-0.2, -0.15) is 5.26 Å². The van der Waals surface area contributed by atoms with Crippen LogP contribution in [0.2, 0.25) is 5.02 Å². The fourth-order valence-electron chi connectivity index (χ4n) is 2.69. The van der Waals surface area contributed by atoms with E-state index in [1.165, 1.54) is 30.5 Å². The van der Waals surface area contributed by atoms with Crippen LogP contribution in [0, 0.1) is 17.1 Å². The molecule has 0 aliphatic rings. The average Bonchev–Trinajstić information content (AvgIpc) is 2.64. The fraction of sp³-hybridized carbons (Fsp3) is 0.105. The zero-order chi connectivity index (χ0) is 20.4. The number of H-pyrrole nitrogens is 2. The number of hydrogen-bond acceptors (Lipinski definition) is 4. The van der Waals surface area contributed by atoms with E-state index in [0.29, 0.717) is 4.47 Å². The minimum atomic E-state index is -0.689. The normalized spacial score (nSPS) is 11.7. The van der Waals surface area contributed by atoms with Crippen molar-refractivity contribution in [3.63, 3.8) is 0 Å². The van der Waals surface area contributed by atoms with E-state index in [1.54, 1.807) is 13.0 Å². The van der Waals surface area contributed by atoms with Crippen molar-refractivity contribution >= 4 is 27.5 Å². The number of nitrogens with zero attached hydrogens (tertiary/aromatic N) is 1. The lowest BCUT2D eigenvalue weighted by atomic mass is 9.94. The monoisotopic (exact) mass is 463 g/mol. The van der Waals surface area contributed by atoms with Gasteiger partial charge in [0, 0.05) is 22.7 Å². The van der Waals surface area contributed by atoms with Gasteiger partial charge in [-0.05, 0) is 45.8 Å². The van der Waals surface area contributed by atoms with Gasteiger partial charge >= 0.3 is 5.69 Å². The number of rotatable bonds is 4. The third-order valence-corrected chi connectivity index (χ3v) is 4.92. The molecule has 0 aliphatic heterocycles. The highest BCUT2D eigenvalue weighted by Gasteiger charge is 2.22. The molecule has 3 aromatic rings. The second kappa shape index (κ2) is 8.00. The summed E-state index contributed by atoms with van der Waals surface area (Å²) in [6.45, 7) is 1.63. The third kappa shape index (κ3) is 4.01. The predicted molar refractivity (Wildman–Crippen MR) is 106 cm³/mol. The average molecular weight is 465 g/mol. The third-order valence-electron chi connectivity index (χ3n) is 4.08. The van der Waals surface area contributed by atoms with Crippen LogP contribution >= 0.6 is 27.5 Å². The maximum atomic E-state index is 15.2. The van der Waals surface area contributed by atoms with Gasteiger partial charge in [0.1, 0.15) is 5.75 Å². The molecule has 1 heterocycles. The van der Waals surface area contributed by atoms with Crippen molar-refractivity contribution in [1.29, 1.82) is 5.26 Å². The molecule has 2 N–H and O–H groups in total. The van der Waals surface area contributed by atoms with E-state index in [0.717, 1.165) is 0 Å². The van der Waals surface area contributed by atoms with Crippen LogP contribution in [0.15, 0.2) is 50.6 Å². The minimum Gasteiger partial charge on any atom is -0.453 e. The zero-order valence-corrected chi connectivity index (χ0v) is 16.7. The van der Waals surface area contributed by atoms with Gasteiger partial charge in [0.2, 0.25) is 0 Å². The quantitative estimate of drug-likeness (QED) is 0.596. The summed E-state index contributed by atoms with van der Waals surface area (Å²) < 4.78 is 21.2. The Balaban J connectivity index is 2.05. The van der Waals surface area contributed by atoms with Crippen LogP contribution in [0.4, 0.5) is 4.39 Å². The Morgan fingerprint density at radius 3 is 2.68 bits per heavy atom. The summed E-state index contributed by atoms with van der Waals surface area (Å²) >= 11 is 9.21. The number of aromatic nitrogens is 2. The Kier molecular flexibility index (Phi) is 5.68. The molecule has 28 heavy (non-hydrogen) atoms. The molecule has 0 saturated carbocycles. The minimum absolute atomic E-state index is 0.114. The lowest BCUT2D eigenvalue weighted by molar-refractivity contribution is 0.434. The zero-order valence-electron chi connectivity index (χ0n) is 14.3. The number of aromatic amines is 2. The van der Waals surface area contributed by atoms with Crippen molar-refractivity contribution in [1.82, 2.24) is 9.97 Å². The van der Waals surface area contributed by atoms with Crippen molar-refractivity contribution < 1.29 is 9.13 Å². The molecule has 0 radical (unpaired) electrons. The van der Waals surface area contributed by atoms with E-state index >= 15 is 4.39 Å². The maximum absolute atomic E-state index is 15.2. The SMILES string of the molecule is CC(c1ccc(Br)c(Oc2cc(Cl)cc(C#N)c2)c1F)c1c[nH]c(=O)[nH]c1=O. The largest absolute Gasteiger partial charge is 0.453 e. The van der Waals surface area contributed by atoms with Crippen LogP contribution in [0.5, 0.6) is 11.5 Å². The van der Waals surface area contributed by atoms with Crippen LogP contribution in [0.25, 0.3) is 0 Å². The highest BCUT2D eigenvalue weighted by Crippen LogP contribution is 2.38. The van der Waals surface area contributed by atoms with Crippen LogP contribution in [-0.4, -0.2) is 9.97 Å². The van der Waals surface area contributed by atoms with E-state index in [1.807, 2.05) is 6.07 Å². The molecule has 3 rings (SSSR count). The number of benzene rings is 2. The summed E-state index contributed by atoms with van der Waals surface area (Å²) in [7, 11) is 0. The maximum Gasteiger partial charge on any atom is 0.325 e. The molecular formula is C19H12BrClFN3O3. The number of halogens is 3. The van der Waals surface area contributed by atoms with E-state index in [-0.39, 0.29) is 33.2 Å². The van der Waals surface area contributed by atoms with Crippen molar-refractivity contribution in [2.75, 3.05) is 0 Å². The summed E-state index contributed by atoms with van der Waals surface area (Å²) in [5.41, 5.74) is -0.590. The van der Waals surface area contributed by atoms with E-state index in [2.05, 4.69) is 25.9 Å². The van der Waals surface area contributed by atoms with Crippen molar-refractivity contribution in [3.8, 4) is 17.6 Å². The molecule has 0 fully saturated rings. The van der Waals surface area contributed by atoms with Crippen LogP contribution in [0.3, 0.4) is 0 Å². The van der Waals surface area contributed by atoms with E-state index in [9.17, 15) is 9.59 Å².